The first kappa shape index (κ1) is 14.3. The number of aromatic hydroxyl groups is 1. The third-order valence-corrected chi connectivity index (χ3v) is 4.41. The van der Waals surface area contributed by atoms with Gasteiger partial charge in [0, 0.05) is 0 Å². The number of aromatic nitrogens is 1. The molecule has 0 radical (unpaired) electrons. The molecule has 0 amide bonds. The number of benzene rings is 1. The van der Waals surface area contributed by atoms with Gasteiger partial charge in [-0.3, -0.25) is 0 Å². The van der Waals surface area contributed by atoms with Crippen molar-refractivity contribution in [2.24, 2.45) is 10.2 Å². The average Bonchev–Trinajstić information content (AvgIpc) is 2.40. The maximum atomic E-state index is 11.1. The Hall–Kier alpha value is -2.15. The minimum atomic E-state index is -4.90. The number of hydrogen-bond acceptors (Lipinski definition) is 5. The van der Waals surface area contributed by atoms with Crippen molar-refractivity contribution >= 4 is 29.9 Å². The molecule has 9 heteroatoms. The predicted molar refractivity (Wildman–Crippen MR) is 69.9 cm³/mol. The third kappa shape index (κ3) is 3.24. The van der Waals surface area contributed by atoms with Gasteiger partial charge >= 0.3 is 115 Å². The molecule has 0 unspecified atom stereocenters. The molecule has 4 N–H and O–H groups in total. The molecule has 1 aromatic carbocycles. The van der Waals surface area contributed by atoms with Crippen LogP contribution in [0.1, 0.15) is 0 Å². The van der Waals surface area contributed by atoms with E-state index in [0.717, 1.165) is 0 Å². The van der Waals surface area contributed by atoms with Gasteiger partial charge in [-0.15, -0.1) is 0 Å². The molecular formula is C11H10AsN3O5. The Morgan fingerprint density at radius 2 is 1.70 bits per heavy atom. The molecule has 2 rings (SSSR count). The molecule has 0 atom stereocenters. The molecule has 20 heavy (non-hydrogen) atoms. The molecule has 0 aliphatic heterocycles. The van der Waals surface area contributed by atoms with Gasteiger partial charge in [-0.25, -0.2) is 0 Å². The second-order valence-corrected chi connectivity index (χ2v) is 7.17. The number of rotatable bonds is 3. The zero-order chi connectivity index (χ0) is 14.8. The van der Waals surface area contributed by atoms with Crippen molar-refractivity contribution in [3.63, 3.8) is 0 Å². The Labute approximate surface area is 115 Å². The van der Waals surface area contributed by atoms with Crippen LogP contribution < -0.4 is 9.91 Å². The summed E-state index contributed by atoms with van der Waals surface area (Å²) in [6.45, 7) is 0. The molecule has 104 valence electrons. The summed E-state index contributed by atoms with van der Waals surface area (Å²) in [7, 11) is 0. The standard InChI is InChI=1S/C11H10AsN3O5/c16-10-9(5-6-13-11(10)17)15-14-8-3-1-7(2-4-8)12(18,19)20/h1-6,16H,(H,13,17)(H2,18,19,20). The fourth-order valence-corrected chi connectivity index (χ4v) is 2.49. The summed E-state index contributed by atoms with van der Waals surface area (Å²) in [6, 6.07) is 6.64. The van der Waals surface area contributed by atoms with Crippen LogP contribution in [0.5, 0.6) is 5.75 Å². The van der Waals surface area contributed by atoms with E-state index < -0.39 is 25.5 Å². The Bertz CT molecular complexity index is 747. The van der Waals surface area contributed by atoms with Crippen LogP contribution in [0.3, 0.4) is 0 Å². The van der Waals surface area contributed by atoms with Gasteiger partial charge in [0.15, 0.2) is 0 Å². The van der Waals surface area contributed by atoms with Crippen molar-refractivity contribution in [1.29, 1.82) is 0 Å². The van der Waals surface area contributed by atoms with E-state index in [-0.39, 0.29) is 10.0 Å². The number of hydrogen-bond donors (Lipinski definition) is 4. The van der Waals surface area contributed by atoms with E-state index in [1.54, 1.807) is 0 Å². The molecule has 0 aliphatic rings. The van der Waals surface area contributed by atoms with Crippen LogP contribution in [-0.4, -0.2) is 32.5 Å². The SMILES string of the molecule is O=c1[nH]ccc(N=Nc2ccc([As](=O)(O)O)cc2)c1O. The van der Waals surface area contributed by atoms with Gasteiger partial charge in [0.25, 0.3) is 0 Å². The van der Waals surface area contributed by atoms with E-state index >= 15 is 0 Å². The van der Waals surface area contributed by atoms with Gasteiger partial charge < -0.3 is 0 Å². The molecule has 0 spiro atoms. The van der Waals surface area contributed by atoms with E-state index in [0.29, 0.717) is 5.69 Å². The summed E-state index contributed by atoms with van der Waals surface area (Å²) < 4.78 is 29.0. The number of pyridine rings is 1. The number of nitrogens with one attached hydrogen (secondary N) is 1. The summed E-state index contributed by atoms with van der Waals surface area (Å²) in [5, 5.41) is 16.9. The topological polar surface area (TPSA) is 135 Å². The number of azo groups is 1. The molecule has 0 aliphatic carbocycles. The monoisotopic (exact) mass is 339 g/mol. The number of aromatic amines is 1. The van der Waals surface area contributed by atoms with Crippen LogP contribution in [0, 0.1) is 0 Å². The first-order valence-corrected chi connectivity index (χ1v) is 8.75. The predicted octanol–water partition coefficient (Wildman–Crippen LogP) is 0.0569. The molecule has 0 saturated carbocycles. The van der Waals surface area contributed by atoms with E-state index in [4.69, 9.17) is 8.19 Å². The molecule has 0 fully saturated rings. The van der Waals surface area contributed by atoms with Crippen molar-refractivity contribution in [2.75, 3.05) is 0 Å². The van der Waals surface area contributed by atoms with Crippen molar-refractivity contribution in [1.82, 2.24) is 4.98 Å². The van der Waals surface area contributed by atoms with Crippen molar-refractivity contribution < 1.29 is 17.0 Å². The Balaban J connectivity index is 2.26. The Morgan fingerprint density at radius 3 is 2.30 bits per heavy atom. The fraction of sp³-hybridized carbons (Fsp3) is 0. The summed E-state index contributed by atoms with van der Waals surface area (Å²) in [5.41, 5.74) is -0.352. The first-order chi connectivity index (χ1) is 9.38. The van der Waals surface area contributed by atoms with Crippen molar-refractivity contribution in [3.8, 4) is 5.75 Å². The number of H-pyrrole nitrogens is 1. The summed E-state index contributed by atoms with van der Waals surface area (Å²) in [4.78, 5) is 13.4. The van der Waals surface area contributed by atoms with Gasteiger partial charge in [-0.2, -0.15) is 0 Å². The van der Waals surface area contributed by atoms with Crippen LogP contribution in [0.2, 0.25) is 0 Å². The second kappa shape index (κ2) is 5.46. The average molecular weight is 339 g/mol. The fourth-order valence-electron chi connectivity index (χ4n) is 1.37. The first-order valence-electron chi connectivity index (χ1n) is 5.36. The van der Waals surface area contributed by atoms with Crippen LogP contribution in [0.25, 0.3) is 0 Å². The van der Waals surface area contributed by atoms with Crippen LogP contribution >= 0.6 is 0 Å². The number of nitrogens with zero attached hydrogens (tertiary/aromatic N) is 2. The molecular weight excluding hydrogens is 329 g/mol. The van der Waals surface area contributed by atoms with Crippen LogP contribution in [0.4, 0.5) is 11.4 Å². The minimum absolute atomic E-state index is 0.00286. The summed E-state index contributed by atoms with van der Waals surface area (Å²) in [5.74, 6) is -0.550. The van der Waals surface area contributed by atoms with Crippen molar-refractivity contribution in [2.45, 2.75) is 0 Å². The quantitative estimate of drug-likeness (QED) is 0.463. The molecule has 8 nitrogen and oxygen atoms in total. The van der Waals surface area contributed by atoms with E-state index in [1.165, 1.54) is 36.5 Å². The molecule has 0 bridgehead atoms. The Morgan fingerprint density at radius 1 is 1.05 bits per heavy atom. The molecule has 0 saturated heterocycles. The summed E-state index contributed by atoms with van der Waals surface area (Å²) in [6.07, 6.45) is 1.32. The zero-order valence-electron chi connectivity index (χ0n) is 9.96. The van der Waals surface area contributed by atoms with Gasteiger partial charge in [0.05, 0.1) is 0 Å². The molecule has 2 aromatic rings. The van der Waals surface area contributed by atoms with Crippen molar-refractivity contribution in [3.05, 3.63) is 46.9 Å². The normalized spacial score (nSPS) is 11.9. The van der Waals surface area contributed by atoms with Gasteiger partial charge in [-0.1, -0.05) is 0 Å². The molecule has 1 heterocycles. The van der Waals surface area contributed by atoms with E-state index in [9.17, 15) is 13.6 Å². The van der Waals surface area contributed by atoms with Gasteiger partial charge in [-0.05, 0) is 0 Å². The van der Waals surface area contributed by atoms with Crippen LogP contribution in [-0.2, 0) is 3.74 Å². The third-order valence-electron chi connectivity index (χ3n) is 2.37. The van der Waals surface area contributed by atoms with Gasteiger partial charge in [0.2, 0.25) is 0 Å². The van der Waals surface area contributed by atoms with Crippen LogP contribution in [0.15, 0.2) is 51.6 Å². The van der Waals surface area contributed by atoms with E-state index in [2.05, 4.69) is 15.2 Å². The van der Waals surface area contributed by atoms with E-state index in [1.807, 2.05) is 0 Å². The second-order valence-electron chi connectivity index (χ2n) is 3.80. The molecule has 1 aromatic heterocycles. The maximum absolute atomic E-state index is 11.1. The summed E-state index contributed by atoms with van der Waals surface area (Å²) >= 11 is -4.90. The zero-order valence-corrected chi connectivity index (χ0v) is 11.8. The Kier molecular flexibility index (Phi) is 3.89. The van der Waals surface area contributed by atoms with Gasteiger partial charge in [0.1, 0.15) is 0 Å².